The zero-order valence-corrected chi connectivity index (χ0v) is 17.6. The van der Waals surface area contributed by atoms with Crippen LogP contribution in [0.1, 0.15) is 63.4 Å². The van der Waals surface area contributed by atoms with Crippen molar-refractivity contribution in [1.29, 1.82) is 0 Å². The van der Waals surface area contributed by atoms with Gasteiger partial charge in [-0.2, -0.15) is 8.78 Å². The summed E-state index contributed by atoms with van der Waals surface area (Å²) in [6.07, 6.45) is 15.6. The van der Waals surface area contributed by atoms with Crippen LogP contribution in [0.4, 0.5) is 8.78 Å². The molecule has 2 aliphatic rings. The van der Waals surface area contributed by atoms with Crippen molar-refractivity contribution in [2.75, 3.05) is 0 Å². The lowest BCUT2D eigenvalue weighted by atomic mass is 9.68. The Balaban J connectivity index is 1.36. The summed E-state index contributed by atoms with van der Waals surface area (Å²) in [6, 6.07) is 7.14. The fourth-order valence-corrected chi connectivity index (χ4v) is 5.50. The van der Waals surface area contributed by atoms with Gasteiger partial charge in [-0.15, -0.1) is 0 Å². The number of ether oxygens (including phenoxy) is 1. The summed E-state index contributed by atoms with van der Waals surface area (Å²) in [7, 11) is 0. The van der Waals surface area contributed by atoms with Crippen LogP contribution in [-0.2, 0) is 6.42 Å². The van der Waals surface area contributed by atoms with Crippen LogP contribution in [0.2, 0.25) is 0 Å². The molecular weight excluding hydrogens is 410 g/mol. The third-order valence-electron chi connectivity index (χ3n) is 6.71. The normalized spacial score (nSPS) is 29.3. The molecular formula is C23H31BrF2O. The molecule has 1 aromatic rings. The number of hydrogen-bond donors (Lipinski definition) is 0. The van der Waals surface area contributed by atoms with E-state index in [2.05, 4.69) is 26.7 Å². The van der Waals surface area contributed by atoms with Crippen molar-refractivity contribution in [2.24, 2.45) is 23.7 Å². The molecule has 0 atom stereocenters. The third kappa shape index (κ3) is 6.58. The molecule has 0 saturated heterocycles. The standard InChI is InChI=1S/C23H31BrF2O/c24-16-15-19-5-11-21(12-6-19)20-9-3-17(4-10-20)1-2-18-7-13-22(14-8-18)27-23(25)26/h7-8,13-17,19-21,23H,1-6,9-12H2. The van der Waals surface area contributed by atoms with E-state index in [-0.39, 0.29) is 5.75 Å². The molecule has 3 rings (SSSR count). The highest BCUT2D eigenvalue weighted by Crippen LogP contribution is 2.42. The molecule has 1 nitrogen and oxygen atoms in total. The van der Waals surface area contributed by atoms with Gasteiger partial charge in [0.1, 0.15) is 5.75 Å². The minimum Gasteiger partial charge on any atom is -0.435 e. The van der Waals surface area contributed by atoms with Gasteiger partial charge in [-0.3, -0.25) is 0 Å². The van der Waals surface area contributed by atoms with Gasteiger partial charge in [0.05, 0.1) is 0 Å². The van der Waals surface area contributed by atoms with Gasteiger partial charge in [0.2, 0.25) is 0 Å². The Bertz CT molecular complexity index is 571. The van der Waals surface area contributed by atoms with Crippen LogP contribution in [0.5, 0.6) is 5.75 Å². The minimum atomic E-state index is -2.75. The zero-order chi connectivity index (χ0) is 19.1. The van der Waals surface area contributed by atoms with Crippen LogP contribution in [-0.4, -0.2) is 6.61 Å². The molecule has 2 aliphatic carbocycles. The summed E-state index contributed by atoms with van der Waals surface area (Å²) in [6.45, 7) is -2.75. The molecule has 150 valence electrons. The van der Waals surface area contributed by atoms with E-state index in [1.807, 2.05) is 17.1 Å². The largest absolute Gasteiger partial charge is 0.435 e. The van der Waals surface area contributed by atoms with Gasteiger partial charge in [-0.05, 0) is 97.7 Å². The first-order valence-corrected chi connectivity index (χ1v) is 11.4. The van der Waals surface area contributed by atoms with Gasteiger partial charge in [0.25, 0.3) is 0 Å². The predicted molar refractivity (Wildman–Crippen MR) is 110 cm³/mol. The Hall–Kier alpha value is -0.900. The summed E-state index contributed by atoms with van der Waals surface area (Å²) in [5, 5.41) is 0. The van der Waals surface area contributed by atoms with Crippen molar-refractivity contribution in [1.82, 2.24) is 0 Å². The van der Waals surface area contributed by atoms with E-state index in [9.17, 15) is 8.78 Å². The van der Waals surface area contributed by atoms with Crippen LogP contribution in [0.25, 0.3) is 0 Å². The molecule has 0 aliphatic heterocycles. The van der Waals surface area contributed by atoms with Crippen LogP contribution >= 0.6 is 15.9 Å². The first kappa shape index (κ1) is 20.8. The number of aryl methyl sites for hydroxylation is 1. The highest BCUT2D eigenvalue weighted by molar-refractivity contribution is 9.11. The molecule has 0 bridgehead atoms. The smallest absolute Gasteiger partial charge is 0.387 e. The predicted octanol–water partition coefficient (Wildman–Crippen LogP) is 7.74. The molecule has 1 aromatic carbocycles. The second-order valence-corrected chi connectivity index (χ2v) is 8.86. The number of hydrogen-bond acceptors (Lipinski definition) is 1. The van der Waals surface area contributed by atoms with E-state index in [4.69, 9.17) is 0 Å². The molecule has 0 amide bonds. The van der Waals surface area contributed by atoms with Crippen molar-refractivity contribution in [3.63, 3.8) is 0 Å². The van der Waals surface area contributed by atoms with Crippen molar-refractivity contribution in [3.8, 4) is 5.75 Å². The molecule has 0 N–H and O–H groups in total. The Morgan fingerprint density at radius 1 is 0.926 bits per heavy atom. The number of alkyl halides is 2. The molecule has 0 radical (unpaired) electrons. The van der Waals surface area contributed by atoms with Crippen molar-refractivity contribution in [2.45, 2.75) is 70.8 Å². The van der Waals surface area contributed by atoms with E-state index in [0.29, 0.717) is 0 Å². The minimum absolute atomic E-state index is 0.246. The van der Waals surface area contributed by atoms with E-state index in [0.717, 1.165) is 30.1 Å². The van der Waals surface area contributed by atoms with Crippen LogP contribution in [0, 0.1) is 23.7 Å². The van der Waals surface area contributed by atoms with Crippen molar-refractivity contribution < 1.29 is 13.5 Å². The summed E-state index contributed by atoms with van der Waals surface area (Å²) in [4.78, 5) is 2.03. The fourth-order valence-electron chi connectivity index (χ4n) is 5.07. The van der Waals surface area contributed by atoms with Gasteiger partial charge in [0, 0.05) is 0 Å². The summed E-state index contributed by atoms with van der Waals surface area (Å²) >= 11 is 3.41. The maximum Gasteiger partial charge on any atom is 0.387 e. The lowest BCUT2D eigenvalue weighted by molar-refractivity contribution is -0.0498. The molecule has 0 aromatic heterocycles. The maximum absolute atomic E-state index is 12.2. The average molecular weight is 441 g/mol. The summed E-state index contributed by atoms with van der Waals surface area (Å²) in [5.74, 6) is 3.75. The van der Waals surface area contributed by atoms with Gasteiger partial charge in [0.15, 0.2) is 0 Å². The second kappa shape index (κ2) is 10.6. The van der Waals surface area contributed by atoms with Gasteiger partial charge < -0.3 is 4.74 Å². The average Bonchev–Trinajstić information content (AvgIpc) is 2.68. The van der Waals surface area contributed by atoms with Gasteiger partial charge in [-0.25, -0.2) is 0 Å². The number of allylic oxidation sites excluding steroid dienone is 1. The van der Waals surface area contributed by atoms with E-state index < -0.39 is 6.61 Å². The Morgan fingerprint density at radius 2 is 1.52 bits per heavy atom. The number of halogens is 3. The zero-order valence-electron chi connectivity index (χ0n) is 16.0. The molecule has 0 heterocycles. The number of rotatable bonds is 7. The number of benzene rings is 1. The van der Waals surface area contributed by atoms with Crippen LogP contribution < -0.4 is 4.74 Å². The van der Waals surface area contributed by atoms with E-state index >= 15 is 0 Å². The first-order chi connectivity index (χ1) is 13.1. The second-order valence-electron chi connectivity index (χ2n) is 8.34. The highest BCUT2D eigenvalue weighted by atomic mass is 79.9. The highest BCUT2D eigenvalue weighted by Gasteiger charge is 2.30. The Morgan fingerprint density at radius 3 is 2.07 bits per heavy atom. The van der Waals surface area contributed by atoms with E-state index in [1.165, 1.54) is 63.4 Å². The van der Waals surface area contributed by atoms with Gasteiger partial charge in [-0.1, -0.05) is 47.0 Å². The van der Waals surface area contributed by atoms with Crippen LogP contribution in [0.3, 0.4) is 0 Å². The first-order valence-electron chi connectivity index (χ1n) is 10.4. The lowest BCUT2D eigenvalue weighted by Crippen LogP contribution is -2.25. The SMILES string of the molecule is FC(F)Oc1ccc(CCC2CCC(C3CCC(C=CBr)CC3)CC2)cc1. The fraction of sp³-hybridized carbons (Fsp3) is 0.652. The van der Waals surface area contributed by atoms with Crippen molar-refractivity contribution >= 4 is 15.9 Å². The topological polar surface area (TPSA) is 9.23 Å². The van der Waals surface area contributed by atoms with Gasteiger partial charge >= 0.3 is 6.61 Å². The monoisotopic (exact) mass is 440 g/mol. The summed E-state index contributed by atoms with van der Waals surface area (Å²) < 4.78 is 28.8. The lowest BCUT2D eigenvalue weighted by Gasteiger charge is -2.37. The van der Waals surface area contributed by atoms with E-state index in [1.54, 1.807) is 12.1 Å². The molecule has 27 heavy (non-hydrogen) atoms. The Labute approximate surface area is 170 Å². The van der Waals surface area contributed by atoms with Crippen molar-refractivity contribution in [3.05, 3.63) is 40.9 Å². The van der Waals surface area contributed by atoms with Crippen LogP contribution in [0.15, 0.2) is 35.3 Å². The summed E-state index contributed by atoms with van der Waals surface area (Å²) in [5.41, 5.74) is 1.22. The molecule has 0 unspecified atom stereocenters. The quantitative estimate of drug-likeness (QED) is 0.421. The maximum atomic E-state index is 12.2. The molecule has 2 saturated carbocycles. The Kier molecular flexibility index (Phi) is 8.17. The molecule has 0 spiro atoms. The molecule has 2 fully saturated rings. The third-order valence-corrected chi connectivity index (χ3v) is 7.01. The molecule has 4 heteroatoms.